The van der Waals surface area contributed by atoms with Gasteiger partial charge in [0, 0.05) is 27.3 Å². The zero-order valence-electron chi connectivity index (χ0n) is 13.1. The number of fused-ring (bicyclic) bond motifs is 1. The summed E-state index contributed by atoms with van der Waals surface area (Å²) in [5, 5.41) is 4.29. The van der Waals surface area contributed by atoms with Crippen molar-refractivity contribution < 1.29 is 9.47 Å². The molecule has 2 heterocycles. The summed E-state index contributed by atoms with van der Waals surface area (Å²) in [5.74, 6) is 0.889. The Labute approximate surface area is 130 Å². The minimum Gasteiger partial charge on any atom is -0.382 e. The van der Waals surface area contributed by atoms with Crippen molar-refractivity contribution in [1.29, 1.82) is 0 Å². The highest BCUT2D eigenvalue weighted by Gasteiger charge is 2.19. The lowest BCUT2D eigenvalue weighted by atomic mass is 10.4. The van der Waals surface area contributed by atoms with Gasteiger partial charge in [-0.3, -0.25) is 4.68 Å². The Bertz CT molecular complexity index is 591. The van der Waals surface area contributed by atoms with Crippen molar-refractivity contribution in [2.24, 2.45) is 7.05 Å². The van der Waals surface area contributed by atoms with E-state index in [-0.39, 0.29) is 5.38 Å². The maximum absolute atomic E-state index is 6.26. The standard InChI is InChI=1S/C14H23ClN4O2/c1-10(15)13-16-12-11(2)17-18(3)14(12)19(13)6-5-7-21-9-8-20-4/h10H,5-9H2,1-4H3. The number of nitrogens with zero attached hydrogens (tertiary/aromatic N) is 4. The van der Waals surface area contributed by atoms with E-state index in [1.165, 1.54) is 0 Å². The highest BCUT2D eigenvalue weighted by molar-refractivity contribution is 6.20. The summed E-state index contributed by atoms with van der Waals surface area (Å²) >= 11 is 6.26. The molecule has 0 bridgehead atoms. The van der Waals surface area contributed by atoms with Gasteiger partial charge in [-0.25, -0.2) is 4.98 Å². The first-order chi connectivity index (χ1) is 10.1. The van der Waals surface area contributed by atoms with E-state index in [1.54, 1.807) is 7.11 Å². The van der Waals surface area contributed by atoms with E-state index in [0.29, 0.717) is 19.8 Å². The minimum atomic E-state index is -0.133. The third-order valence-corrected chi connectivity index (χ3v) is 3.57. The van der Waals surface area contributed by atoms with Gasteiger partial charge in [0.2, 0.25) is 0 Å². The second-order valence-corrected chi connectivity index (χ2v) is 5.73. The zero-order valence-corrected chi connectivity index (χ0v) is 13.9. The first-order valence-electron chi connectivity index (χ1n) is 7.16. The molecule has 1 unspecified atom stereocenters. The van der Waals surface area contributed by atoms with E-state index in [4.69, 9.17) is 21.1 Å². The normalized spacial score (nSPS) is 13.2. The predicted octanol–water partition coefficient (Wildman–Crippen LogP) is 2.43. The van der Waals surface area contributed by atoms with Gasteiger partial charge in [-0.15, -0.1) is 11.6 Å². The van der Waals surface area contributed by atoms with E-state index in [9.17, 15) is 0 Å². The van der Waals surface area contributed by atoms with Crippen LogP contribution in [0.4, 0.5) is 0 Å². The van der Waals surface area contributed by atoms with Crippen LogP contribution >= 0.6 is 11.6 Å². The summed E-state index contributed by atoms with van der Waals surface area (Å²) in [7, 11) is 3.61. The quantitative estimate of drug-likeness (QED) is 0.555. The molecular formula is C14H23ClN4O2. The average Bonchev–Trinajstić information content (AvgIpc) is 2.94. The van der Waals surface area contributed by atoms with Gasteiger partial charge in [-0.2, -0.15) is 5.10 Å². The van der Waals surface area contributed by atoms with Crippen LogP contribution < -0.4 is 0 Å². The van der Waals surface area contributed by atoms with Crippen LogP contribution in [-0.4, -0.2) is 46.3 Å². The highest BCUT2D eigenvalue weighted by Crippen LogP contribution is 2.26. The zero-order chi connectivity index (χ0) is 15.4. The van der Waals surface area contributed by atoms with E-state index in [1.807, 2.05) is 25.6 Å². The molecule has 2 aromatic rings. The summed E-state index contributed by atoms with van der Waals surface area (Å²) in [6.45, 7) is 6.66. The second kappa shape index (κ2) is 7.24. The molecule has 118 valence electrons. The summed E-state index contributed by atoms with van der Waals surface area (Å²) in [5.41, 5.74) is 2.88. The van der Waals surface area contributed by atoms with Crippen LogP contribution in [0.5, 0.6) is 0 Å². The molecule has 1 atom stereocenters. The van der Waals surface area contributed by atoms with Crippen molar-refractivity contribution in [3.8, 4) is 0 Å². The summed E-state index contributed by atoms with van der Waals surface area (Å²) in [6, 6.07) is 0. The van der Waals surface area contributed by atoms with E-state index >= 15 is 0 Å². The first-order valence-corrected chi connectivity index (χ1v) is 7.60. The Morgan fingerprint density at radius 1 is 1.29 bits per heavy atom. The minimum absolute atomic E-state index is 0.133. The molecule has 0 aromatic carbocycles. The summed E-state index contributed by atoms with van der Waals surface area (Å²) < 4.78 is 14.5. The SMILES string of the molecule is COCCOCCCn1c(C(C)Cl)nc2c(C)nn(C)c21. The van der Waals surface area contributed by atoms with Crippen molar-refractivity contribution >= 4 is 22.8 Å². The number of methoxy groups -OCH3 is 1. The van der Waals surface area contributed by atoms with Crippen LogP contribution in [0.25, 0.3) is 11.2 Å². The van der Waals surface area contributed by atoms with Crippen LogP contribution in [0.15, 0.2) is 0 Å². The number of hydrogen-bond donors (Lipinski definition) is 0. The van der Waals surface area contributed by atoms with Gasteiger partial charge < -0.3 is 14.0 Å². The third-order valence-electron chi connectivity index (χ3n) is 3.38. The van der Waals surface area contributed by atoms with Crippen molar-refractivity contribution in [3.05, 3.63) is 11.5 Å². The molecule has 6 nitrogen and oxygen atoms in total. The van der Waals surface area contributed by atoms with Crippen LogP contribution in [0.1, 0.15) is 30.2 Å². The Balaban J connectivity index is 2.11. The van der Waals surface area contributed by atoms with Gasteiger partial charge in [0.15, 0.2) is 5.65 Å². The predicted molar refractivity (Wildman–Crippen MR) is 82.8 cm³/mol. The first kappa shape index (κ1) is 16.3. The molecule has 0 N–H and O–H groups in total. The molecule has 21 heavy (non-hydrogen) atoms. The lowest BCUT2D eigenvalue weighted by molar-refractivity contribution is 0.0680. The van der Waals surface area contributed by atoms with Crippen molar-refractivity contribution in [2.45, 2.75) is 32.2 Å². The second-order valence-electron chi connectivity index (χ2n) is 5.08. The third kappa shape index (κ3) is 3.56. The van der Waals surface area contributed by atoms with Gasteiger partial charge in [-0.05, 0) is 20.3 Å². The molecule has 0 saturated carbocycles. The number of alkyl halides is 1. The van der Waals surface area contributed by atoms with Gasteiger partial charge in [-0.1, -0.05) is 0 Å². The lowest BCUT2D eigenvalue weighted by Gasteiger charge is -2.11. The fourth-order valence-corrected chi connectivity index (χ4v) is 2.61. The van der Waals surface area contributed by atoms with E-state index in [0.717, 1.165) is 35.6 Å². The van der Waals surface area contributed by atoms with Crippen molar-refractivity contribution in [2.75, 3.05) is 26.9 Å². The number of ether oxygens (including phenoxy) is 2. The number of aryl methyl sites for hydroxylation is 3. The van der Waals surface area contributed by atoms with Crippen molar-refractivity contribution in [3.63, 3.8) is 0 Å². The summed E-state index contributed by atoms with van der Waals surface area (Å²) in [6.07, 6.45) is 0.899. The molecule has 0 radical (unpaired) electrons. The number of hydrogen-bond acceptors (Lipinski definition) is 4. The number of aromatic nitrogens is 4. The fraction of sp³-hybridized carbons (Fsp3) is 0.714. The van der Waals surface area contributed by atoms with Crippen LogP contribution in [0.3, 0.4) is 0 Å². The molecule has 0 fully saturated rings. The maximum Gasteiger partial charge on any atom is 0.158 e. The molecule has 0 aliphatic rings. The van der Waals surface area contributed by atoms with Gasteiger partial charge in [0.1, 0.15) is 11.3 Å². The van der Waals surface area contributed by atoms with E-state index < -0.39 is 0 Å². The molecule has 0 aliphatic heterocycles. The largest absolute Gasteiger partial charge is 0.382 e. The highest BCUT2D eigenvalue weighted by atomic mass is 35.5. The Morgan fingerprint density at radius 2 is 2.05 bits per heavy atom. The molecule has 0 aliphatic carbocycles. The van der Waals surface area contributed by atoms with Crippen molar-refractivity contribution in [1.82, 2.24) is 19.3 Å². The molecule has 0 spiro atoms. The smallest absolute Gasteiger partial charge is 0.158 e. The number of imidazole rings is 1. The average molecular weight is 315 g/mol. The lowest BCUT2D eigenvalue weighted by Crippen LogP contribution is -2.11. The summed E-state index contributed by atoms with van der Waals surface area (Å²) in [4.78, 5) is 4.65. The van der Waals surface area contributed by atoms with Crippen LogP contribution in [0.2, 0.25) is 0 Å². The maximum atomic E-state index is 6.26. The topological polar surface area (TPSA) is 54.1 Å². The van der Waals surface area contributed by atoms with Crippen LogP contribution in [0, 0.1) is 6.92 Å². The number of halogens is 1. The molecule has 0 saturated heterocycles. The van der Waals surface area contributed by atoms with Gasteiger partial charge in [0.25, 0.3) is 0 Å². The molecular weight excluding hydrogens is 292 g/mol. The Morgan fingerprint density at radius 3 is 2.71 bits per heavy atom. The fourth-order valence-electron chi connectivity index (χ4n) is 2.44. The number of rotatable bonds is 8. The molecule has 2 rings (SSSR count). The van der Waals surface area contributed by atoms with E-state index in [2.05, 4.69) is 14.6 Å². The Kier molecular flexibility index (Phi) is 5.61. The molecule has 0 amide bonds. The van der Waals surface area contributed by atoms with Gasteiger partial charge >= 0.3 is 0 Å². The monoisotopic (exact) mass is 314 g/mol. The Hall–Kier alpha value is -1.11. The molecule has 7 heteroatoms. The van der Waals surface area contributed by atoms with Crippen LogP contribution in [-0.2, 0) is 23.1 Å². The van der Waals surface area contributed by atoms with Gasteiger partial charge in [0.05, 0.1) is 24.3 Å². The molecule has 2 aromatic heterocycles.